The van der Waals surface area contributed by atoms with Crippen LogP contribution in [-0.2, 0) is 0 Å². The molecule has 0 aliphatic rings. The molecule has 0 amide bonds. The first-order chi connectivity index (χ1) is 5.58. The first kappa shape index (κ1) is 8.96. The minimum absolute atomic E-state index is 0.0733. The summed E-state index contributed by atoms with van der Waals surface area (Å²) in [5.74, 6) is 0.641. The summed E-state index contributed by atoms with van der Waals surface area (Å²) in [6.07, 6.45) is 1.04. The molecule has 68 valence electrons. The normalized spacial score (nSPS) is 11.7. The molecule has 12 heavy (non-hydrogen) atoms. The van der Waals surface area contributed by atoms with Crippen LogP contribution in [0, 0.1) is 0 Å². The van der Waals surface area contributed by atoms with E-state index in [4.69, 9.17) is 0 Å². The molecule has 0 spiro atoms. The van der Waals surface area contributed by atoms with E-state index in [-0.39, 0.29) is 5.54 Å². The summed E-state index contributed by atoms with van der Waals surface area (Å²) in [4.78, 5) is 2.01. The predicted molar refractivity (Wildman–Crippen MR) is 47.0 cm³/mol. The third-order valence-electron chi connectivity index (χ3n) is 2.41. The minimum Gasteiger partial charge on any atom is -0.336 e. The zero-order valence-electron chi connectivity index (χ0n) is 8.00. The highest BCUT2D eigenvalue weighted by Gasteiger charge is 2.23. The molecule has 1 aromatic rings. The van der Waals surface area contributed by atoms with Crippen molar-refractivity contribution in [2.24, 2.45) is 0 Å². The van der Waals surface area contributed by atoms with Crippen molar-refractivity contribution in [1.82, 2.24) is 20.6 Å². The van der Waals surface area contributed by atoms with Gasteiger partial charge in [-0.05, 0) is 25.5 Å². The third-order valence-corrected chi connectivity index (χ3v) is 2.41. The molecule has 0 aliphatic heterocycles. The Morgan fingerprint density at radius 2 is 2.17 bits per heavy atom. The first-order valence-electron chi connectivity index (χ1n) is 4.05. The second-order valence-electron chi connectivity index (χ2n) is 3.44. The Kier molecular flexibility index (Phi) is 2.30. The molecule has 1 rings (SSSR count). The van der Waals surface area contributed by atoms with Crippen molar-refractivity contribution in [3.05, 3.63) is 0 Å². The van der Waals surface area contributed by atoms with E-state index in [1.165, 1.54) is 0 Å². The Bertz CT molecular complexity index is 228. The van der Waals surface area contributed by atoms with Gasteiger partial charge in [0.25, 0.3) is 5.95 Å². The van der Waals surface area contributed by atoms with Crippen LogP contribution in [0.5, 0.6) is 0 Å². The fourth-order valence-corrected chi connectivity index (χ4v) is 0.806. The second kappa shape index (κ2) is 3.08. The molecule has 0 aliphatic carbocycles. The summed E-state index contributed by atoms with van der Waals surface area (Å²) in [6, 6.07) is 0. The molecule has 0 saturated heterocycles. The van der Waals surface area contributed by atoms with Crippen LogP contribution < -0.4 is 4.90 Å². The standard InChI is InChI=1S/C7H15N5/c1-5-7(2,3)12(4)6-8-10-11-9-6/h5H2,1-4H3,(H,8,9,10,11). The lowest BCUT2D eigenvalue weighted by molar-refractivity contribution is 0.463. The molecule has 0 radical (unpaired) electrons. The lowest BCUT2D eigenvalue weighted by Crippen LogP contribution is -2.41. The second-order valence-corrected chi connectivity index (χ2v) is 3.44. The van der Waals surface area contributed by atoms with Crippen LogP contribution in [0.2, 0.25) is 0 Å². The maximum absolute atomic E-state index is 3.91. The molecule has 1 N–H and O–H groups in total. The van der Waals surface area contributed by atoms with Crippen LogP contribution in [0.15, 0.2) is 0 Å². The lowest BCUT2D eigenvalue weighted by Gasteiger charge is -2.33. The largest absolute Gasteiger partial charge is 0.336 e. The van der Waals surface area contributed by atoms with Crippen LogP contribution >= 0.6 is 0 Å². The molecule has 1 heterocycles. The van der Waals surface area contributed by atoms with Crippen molar-refractivity contribution in [2.45, 2.75) is 32.7 Å². The number of anilines is 1. The molecule has 0 atom stereocenters. The van der Waals surface area contributed by atoms with Gasteiger partial charge in [-0.3, -0.25) is 0 Å². The van der Waals surface area contributed by atoms with E-state index in [1.807, 2.05) is 11.9 Å². The van der Waals surface area contributed by atoms with E-state index in [0.717, 1.165) is 6.42 Å². The topological polar surface area (TPSA) is 57.7 Å². The highest BCUT2D eigenvalue weighted by atomic mass is 15.5. The predicted octanol–water partition coefficient (Wildman–Crippen LogP) is 0.824. The Hall–Kier alpha value is -1.13. The maximum atomic E-state index is 3.91. The summed E-state index contributed by atoms with van der Waals surface area (Å²) in [6.45, 7) is 6.42. The average molecular weight is 169 g/mol. The average Bonchev–Trinajstić information content (AvgIpc) is 2.55. The van der Waals surface area contributed by atoms with Gasteiger partial charge in [-0.15, -0.1) is 5.10 Å². The molecule has 5 heteroatoms. The molecule has 0 fully saturated rings. The Labute approximate surface area is 72.2 Å². The fourth-order valence-electron chi connectivity index (χ4n) is 0.806. The summed E-state index contributed by atoms with van der Waals surface area (Å²) in [5.41, 5.74) is 0.0733. The van der Waals surface area contributed by atoms with Crippen molar-refractivity contribution in [3.8, 4) is 0 Å². The van der Waals surface area contributed by atoms with Crippen molar-refractivity contribution < 1.29 is 0 Å². The van der Waals surface area contributed by atoms with E-state index in [2.05, 4.69) is 41.4 Å². The summed E-state index contributed by atoms with van der Waals surface area (Å²) in [5, 5.41) is 13.8. The van der Waals surface area contributed by atoms with E-state index in [9.17, 15) is 0 Å². The van der Waals surface area contributed by atoms with Gasteiger partial charge in [-0.25, -0.2) is 0 Å². The number of aromatic amines is 1. The van der Waals surface area contributed by atoms with Crippen LogP contribution in [0.25, 0.3) is 0 Å². The van der Waals surface area contributed by atoms with Crippen molar-refractivity contribution >= 4 is 5.95 Å². The Morgan fingerprint density at radius 3 is 2.58 bits per heavy atom. The zero-order valence-corrected chi connectivity index (χ0v) is 8.00. The SMILES string of the molecule is CCC(C)(C)N(C)c1nn[nH]n1. The number of nitrogens with one attached hydrogen (secondary N) is 1. The number of nitrogens with zero attached hydrogens (tertiary/aromatic N) is 4. The Morgan fingerprint density at radius 1 is 1.50 bits per heavy atom. The lowest BCUT2D eigenvalue weighted by atomic mass is 10.0. The molecule has 1 aromatic heterocycles. The highest BCUT2D eigenvalue weighted by Crippen LogP contribution is 2.19. The van der Waals surface area contributed by atoms with Gasteiger partial charge in [0, 0.05) is 12.6 Å². The van der Waals surface area contributed by atoms with Gasteiger partial charge in [0.2, 0.25) is 0 Å². The van der Waals surface area contributed by atoms with Crippen LogP contribution in [-0.4, -0.2) is 33.2 Å². The van der Waals surface area contributed by atoms with Gasteiger partial charge >= 0.3 is 0 Å². The number of hydrogen-bond donors (Lipinski definition) is 1. The number of aromatic nitrogens is 4. The molecule has 0 unspecified atom stereocenters. The first-order valence-corrected chi connectivity index (χ1v) is 4.05. The molecular weight excluding hydrogens is 154 g/mol. The summed E-state index contributed by atoms with van der Waals surface area (Å²) < 4.78 is 0. The molecule has 5 nitrogen and oxygen atoms in total. The zero-order chi connectivity index (χ0) is 9.19. The smallest absolute Gasteiger partial charge is 0.265 e. The van der Waals surface area contributed by atoms with Gasteiger partial charge in [-0.2, -0.15) is 5.21 Å². The van der Waals surface area contributed by atoms with Gasteiger partial charge in [-0.1, -0.05) is 12.0 Å². The molecule has 0 bridgehead atoms. The molecule has 0 aromatic carbocycles. The van der Waals surface area contributed by atoms with Gasteiger partial charge in [0.05, 0.1) is 0 Å². The number of H-pyrrole nitrogens is 1. The summed E-state index contributed by atoms with van der Waals surface area (Å²) >= 11 is 0. The van der Waals surface area contributed by atoms with E-state index in [0.29, 0.717) is 5.95 Å². The number of tetrazole rings is 1. The van der Waals surface area contributed by atoms with Crippen molar-refractivity contribution in [1.29, 1.82) is 0 Å². The van der Waals surface area contributed by atoms with Crippen molar-refractivity contribution in [3.63, 3.8) is 0 Å². The van der Waals surface area contributed by atoms with Gasteiger partial charge < -0.3 is 4.90 Å². The van der Waals surface area contributed by atoms with Crippen LogP contribution in [0.4, 0.5) is 5.95 Å². The van der Waals surface area contributed by atoms with Crippen LogP contribution in [0.1, 0.15) is 27.2 Å². The number of hydrogen-bond acceptors (Lipinski definition) is 4. The number of rotatable bonds is 3. The maximum Gasteiger partial charge on any atom is 0.265 e. The third kappa shape index (κ3) is 1.54. The fraction of sp³-hybridized carbons (Fsp3) is 0.857. The molecular formula is C7H15N5. The highest BCUT2D eigenvalue weighted by molar-refractivity contribution is 5.29. The van der Waals surface area contributed by atoms with E-state index in [1.54, 1.807) is 0 Å². The van der Waals surface area contributed by atoms with E-state index >= 15 is 0 Å². The monoisotopic (exact) mass is 169 g/mol. The van der Waals surface area contributed by atoms with Gasteiger partial charge in [0.15, 0.2) is 0 Å². The van der Waals surface area contributed by atoms with Crippen molar-refractivity contribution in [2.75, 3.05) is 11.9 Å². The minimum atomic E-state index is 0.0733. The Balaban J connectivity index is 2.78. The quantitative estimate of drug-likeness (QED) is 0.728. The van der Waals surface area contributed by atoms with Gasteiger partial charge in [0.1, 0.15) is 0 Å². The van der Waals surface area contributed by atoms with E-state index < -0.39 is 0 Å². The molecule has 0 saturated carbocycles. The van der Waals surface area contributed by atoms with Crippen LogP contribution in [0.3, 0.4) is 0 Å². The summed E-state index contributed by atoms with van der Waals surface area (Å²) in [7, 11) is 1.97.